The van der Waals surface area contributed by atoms with Crippen molar-refractivity contribution in [1.29, 1.82) is 0 Å². The fourth-order valence-electron chi connectivity index (χ4n) is 3.95. The first-order valence-electron chi connectivity index (χ1n) is 10.7. The number of anilines is 1. The third-order valence-electron chi connectivity index (χ3n) is 5.64. The SMILES string of the molecule is Cc1cccc(C)c1NC(=O)Cn1c(=O)cc(-c2nc(-c3cccnc3)no2)c2ccccc21. The summed E-state index contributed by atoms with van der Waals surface area (Å²) in [5.74, 6) is 0.317. The van der Waals surface area contributed by atoms with E-state index in [9.17, 15) is 9.59 Å². The van der Waals surface area contributed by atoms with Crippen LogP contribution in [0.4, 0.5) is 5.69 Å². The minimum absolute atomic E-state index is 0.127. The highest BCUT2D eigenvalue weighted by molar-refractivity contribution is 5.96. The summed E-state index contributed by atoms with van der Waals surface area (Å²) < 4.78 is 6.92. The Bertz CT molecular complexity index is 1550. The molecule has 8 nitrogen and oxygen atoms in total. The molecule has 5 aromatic rings. The summed E-state index contributed by atoms with van der Waals surface area (Å²) in [5.41, 5.74) is 4.15. The van der Waals surface area contributed by atoms with E-state index in [1.165, 1.54) is 10.6 Å². The van der Waals surface area contributed by atoms with E-state index in [-0.39, 0.29) is 23.9 Å². The number of fused-ring (bicyclic) bond motifs is 1. The summed E-state index contributed by atoms with van der Waals surface area (Å²) in [6.07, 6.45) is 3.30. The Kier molecular flexibility index (Phi) is 5.47. The van der Waals surface area contributed by atoms with Gasteiger partial charge in [-0.25, -0.2) is 0 Å². The molecule has 1 N–H and O–H groups in total. The minimum Gasteiger partial charge on any atom is -0.334 e. The van der Waals surface area contributed by atoms with Crippen LogP contribution in [-0.4, -0.2) is 25.6 Å². The van der Waals surface area contributed by atoms with E-state index < -0.39 is 0 Å². The Labute approximate surface area is 194 Å². The molecule has 8 heteroatoms. The van der Waals surface area contributed by atoms with Crippen LogP contribution in [0.2, 0.25) is 0 Å². The molecular formula is C26H21N5O3. The first kappa shape index (κ1) is 21.3. The van der Waals surface area contributed by atoms with Gasteiger partial charge >= 0.3 is 0 Å². The predicted octanol–water partition coefficient (Wildman–Crippen LogP) is 4.37. The van der Waals surface area contributed by atoms with Crippen molar-refractivity contribution >= 4 is 22.5 Å². The van der Waals surface area contributed by atoms with E-state index in [2.05, 4.69) is 20.4 Å². The number of nitrogens with zero attached hydrogens (tertiary/aromatic N) is 4. The number of hydrogen-bond donors (Lipinski definition) is 1. The molecule has 5 rings (SSSR count). The topological polar surface area (TPSA) is 103 Å². The van der Waals surface area contributed by atoms with Crippen LogP contribution in [0.5, 0.6) is 0 Å². The molecule has 34 heavy (non-hydrogen) atoms. The van der Waals surface area contributed by atoms with Crippen molar-refractivity contribution in [2.45, 2.75) is 20.4 Å². The van der Waals surface area contributed by atoms with Crippen molar-refractivity contribution in [3.05, 3.63) is 94.5 Å². The molecule has 0 aliphatic heterocycles. The monoisotopic (exact) mass is 451 g/mol. The zero-order valence-corrected chi connectivity index (χ0v) is 18.6. The van der Waals surface area contributed by atoms with Gasteiger partial charge in [0.15, 0.2) is 0 Å². The maximum atomic E-state index is 13.1. The molecule has 0 bridgehead atoms. The first-order valence-corrected chi connectivity index (χ1v) is 10.7. The molecule has 3 aromatic heterocycles. The van der Waals surface area contributed by atoms with E-state index in [1.54, 1.807) is 24.5 Å². The van der Waals surface area contributed by atoms with Gasteiger partial charge in [-0.3, -0.25) is 19.1 Å². The minimum atomic E-state index is -0.341. The van der Waals surface area contributed by atoms with Gasteiger partial charge in [0.25, 0.3) is 11.4 Å². The zero-order chi connectivity index (χ0) is 23.7. The van der Waals surface area contributed by atoms with Crippen molar-refractivity contribution in [2.75, 3.05) is 5.32 Å². The normalized spacial score (nSPS) is 11.0. The number of carbonyl (C=O) groups excluding carboxylic acids is 1. The highest BCUT2D eigenvalue weighted by Gasteiger charge is 2.18. The van der Waals surface area contributed by atoms with Gasteiger partial charge < -0.3 is 9.84 Å². The number of carbonyl (C=O) groups is 1. The highest BCUT2D eigenvalue weighted by Crippen LogP contribution is 2.28. The molecule has 1 amide bonds. The number of para-hydroxylation sites is 2. The molecule has 3 heterocycles. The first-order chi connectivity index (χ1) is 16.5. The zero-order valence-electron chi connectivity index (χ0n) is 18.6. The lowest BCUT2D eigenvalue weighted by molar-refractivity contribution is -0.116. The number of amides is 1. The van der Waals surface area contributed by atoms with Crippen molar-refractivity contribution in [3.8, 4) is 22.8 Å². The lowest BCUT2D eigenvalue weighted by Gasteiger charge is -2.14. The van der Waals surface area contributed by atoms with Crippen LogP contribution in [0, 0.1) is 13.8 Å². The van der Waals surface area contributed by atoms with E-state index in [4.69, 9.17) is 4.52 Å². The Hall–Kier alpha value is -4.59. The Balaban J connectivity index is 1.52. The average molecular weight is 451 g/mol. The number of hydrogen-bond acceptors (Lipinski definition) is 6. The summed E-state index contributed by atoms with van der Waals surface area (Å²) in [7, 11) is 0. The summed E-state index contributed by atoms with van der Waals surface area (Å²) in [6, 6.07) is 18.2. The van der Waals surface area contributed by atoms with Gasteiger partial charge in [-0.1, -0.05) is 41.6 Å². The number of nitrogens with one attached hydrogen (secondary N) is 1. The second kappa shape index (κ2) is 8.74. The molecule has 0 saturated heterocycles. The summed E-state index contributed by atoms with van der Waals surface area (Å²) >= 11 is 0. The van der Waals surface area contributed by atoms with Gasteiger partial charge in [-0.15, -0.1) is 0 Å². The molecule has 0 radical (unpaired) electrons. The lowest BCUT2D eigenvalue weighted by atomic mass is 10.1. The molecule has 0 aliphatic carbocycles. The molecule has 0 unspecified atom stereocenters. The third-order valence-corrected chi connectivity index (χ3v) is 5.64. The summed E-state index contributed by atoms with van der Waals surface area (Å²) in [6.45, 7) is 3.74. The Morgan fingerprint density at radius 1 is 1.03 bits per heavy atom. The Morgan fingerprint density at radius 3 is 2.59 bits per heavy atom. The highest BCUT2D eigenvalue weighted by atomic mass is 16.5. The van der Waals surface area contributed by atoms with Crippen LogP contribution in [0.15, 0.2) is 82.4 Å². The fraction of sp³-hybridized carbons (Fsp3) is 0.115. The van der Waals surface area contributed by atoms with Crippen LogP contribution in [0.3, 0.4) is 0 Å². The van der Waals surface area contributed by atoms with Crippen LogP contribution in [-0.2, 0) is 11.3 Å². The van der Waals surface area contributed by atoms with Gasteiger partial charge in [0.1, 0.15) is 6.54 Å². The number of aromatic nitrogens is 4. The number of aryl methyl sites for hydroxylation is 2. The number of benzene rings is 2. The Morgan fingerprint density at radius 2 is 1.82 bits per heavy atom. The average Bonchev–Trinajstić information content (AvgIpc) is 3.34. The maximum absolute atomic E-state index is 13.1. The molecule has 0 fully saturated rings. The third kappa shape index (κ3) is 3.97. The van der Waals surface area contributed by atoms with Crippen LogP contribution in [0.1, 0.15) is 11.1 Å². The maximum Gasteiger partial charge on any atom is 0.259 e. The lowest BCUT2D eigenvalue weighted by Crippen LogP contribution is -2.28. The van der Waals surface area contributed by atoms with Crippen LogP contribution < -0.4 is 10.9 Å². The molecular weight excluding hydrogens is 430 g/mol. The molecule has 0 saturated carbocycles. The smallest absolute Gasteiger partial charge is 0.259 e. The predicted molar refractivity (Wildman–Crippen MR) is 129 cm³/mol. The fourth-order valence-corrected chi connectivity index (χ4v) is 3.95. The molecule has 0 atom stereocenters. The van der Waals surface area contributed by atoms with Crippen LogP contribution in [0.25, 0.3) is 33.7 Å². The van der Waals surface area contributed by atoms with Gasteiger partial charge in [0.2, 0.25) is 11.7 Å². The molecule has 0 spiro atoms. The summed E-state index contributed by atoms with van der Waals surface area (Å²) in [5, 5.41) is 7.70. The number of rotatable bonds is 5. The van der Waals surface area contributed by atoms with E-state index in [0.717, 1.165) is 22.2 Å². The van der Waals surface area contributed by atoms with E-state index >= 15 is 0 Å². The second-order valence-electron chi connectivity index (χ2n) is 7.98. The van der Waals surface area contributed by atoms with E-state index in [0.29, 0.717) is 22.5 Å². The van der Waals surface area contributed by atoms with Crippen molar-refractivity contribution in [1.82, 2.24) is 19.7 Å². The standard InChI is InChI=1S/C26H21N5O3/c1-16-7-5-8-17(2)24(16)28-22(32)15-31-21-11-4-3-10-19(21)20(13-23(31)33)26-29-25(30-34-26)18-9-6-12-27-14-18/h3-14H,15H2,1-2H3,(H,28,32). The van der Waals surface area contributed by atoms with Gasteiger partial charge in [-0.05, 0) is 43.2 Å². The quantitative estimate of drug-likeness (QED) is 0.426. The van der Waals surface area contributed by atoms with Crippen LogP contribution >= 0.6 is 0 Å². The second-order valence-corrected chi connectivity index (χ2v) is 7.98. The van der Waals surface area contributed by atoms with Crippen molar-refractivity contribution < 1.29 is 9.32 Å². The van der Waals surface area contributed by atoms with Gasteiger partial charge in [0.05, 0.1) is 11.1 Å². The van der Waals surface area contributed by atoms with Crippen molar-refractivity contribution in [3.63, 3.8) is 0 Å². The molecule has 0 aliphatic rings. The summed E-state index contributed by atoms with van der Waals surface area (Å²) in [4.78, 5) is 34.5. The van der Waals surface area contributed by atoms with E-state index in [1.807, 2.05) is 56.3 Å². The van der Waals surface area contributed by atoms with Crippen molar-refractivity contribution in [2.24, 2.45) is 0 Å². The largest absolute Gasteiger partial charge is 0.334 e. The number of pyridine rings is 2. The molecule has 168 valence electrons. The van der Waals surface area contributed by atoms with Gasteiger partial charge in [-0.2, -0.15) is 4.98 Å². The van der Waals surface area contributed by atoms with Gasteiger partial charge in [0, 0.05) is 35.1 Å². The molecule has 2 aromatic carbocycles.